The number of carbonyl (C=O) groups is 2. The first kappa shape index (κ1) is 14.9. The second-order valence-corrected chi connectivity index (χ2v) is 4.27. The summed E-state index contributed by atoms with van der Waals surface area (Å²) in [7, 11) is 0. The Kier molecular flexibility index (Phi) is 4.16. The summed E-state index contributed by atoms with van der Waals surface area (Å²) < 4.78 is 52.2. The van der Waals surface area contributed by atoms with Gasteiger partial charge in [0, 0.05) is 12.1 Å². The molecule has 2 aromatic carbocycles. The number of hydrogen-bond donors (Lipinski definition) is 0. The van der Waals surface area contributed by atoms with Crippen molar-refractivity contribution in [3.8, 4) is 0 Å². The molecule has 0 atom stereocenters. The zero-order chi connectivity index (χ0) is 15.6. The summed E-state index contributed by atoms with van der Waals surface area (Å²) in [6, 6.07) is 4.58. The predicted octanol–water partition coefficient (Wildman–Crippen LogP) is 3.70. The second-order valence-electron chi connectivity index (χ2n) is 4.27. The first-order valence-corrected chi connectivity index (χ1v) is 5.85. The van der Waals surface area contributed by atoms with E-state index in [1.54, 1.807) is 0 Å². The minimum absolute atomic E-state index is 0.465. The Morgan fingerprint density at radius 3 is 1.43 bits per heavy atom. The lowest BCUT2D eigenvalue weighted by atomic mass is 10.0. The van der Waals surface area contributed by atoms with Gasteiger partial charge in [0.2, 0.25) is 0 Å². The predicted molar refractivity (Wildman–Crippen MR) is 66.0 cm³/mol. The van der Waals surface area contributed by atoms with Crippen molar-refractivity contribution in [2.24, 2.45) is 0 Å². The number of hydrogen-bond acceptors (Lipinski definition) is 2. The van der Waals surface area contributed by atoms with Crippen molar-refractivity contribution < 1.29 is 27.2 Å². The number of benzene rings is 2. The first-order chi connectivity index (χ1) is 9.88. The smallest absolute Gasteiger partial charge is 0.173 e. The Labute approximate surface area is 117 Å². The lowest BCUT2D eigenvalue weighted by molar-refractivity contribution is 0.0890. The van der Waals surface area contributed by atoms with Gasteiger partial charge in [0.25, 0.3) is 0 Å². The lowest BCUT2D eigenvalue weighted by Gasteiger charge is -2.04. The fourth-order valence-corrected chi connectivity index (χ4v) is 1.77. The van der Waals surface area contributed by atoms with Gasteiger partial charge in [0.15, 0.2) is 11.6 Å². The van der Waals surface area contributed by atoms with Crippen LogP contribution in [0.5, 0.6) is 0 Å². The molecule has 0 aliphatic carbocycles. The summed E-state index contributed by atoms with van der Waals surface area (Å²) >= 11 is 0. The monoisotopic (exact) mass is 296 g/mol. The number of carbonyl (C=O) groups excluding carboxylic acids is 2. The molecule has 0 amide bonds. The summed E-state index contributed by atoms with van der Waals surface area (Å²) in [6.45, 7) is 0. The quantitative estimate of drug-likeness (QED) is 0.490. The van der Waals surface area contributed by atoms with E-state index in [0.717, 1.165) is 24.3 Å². The van der Waals surface area contributed by atoms with Crippen LogP contribution >= 0.6 is 0 Å². The highest BCUT2D eigenvalue weighted by Gasteiger charge is 2.19. The van der Waals surface area contributed by atoms with Crippen LogP contribution in [0.3, 0.4) is 0 Å². The Morgan fingerprint density at radius 2 is 1.10 bits per heavy atom. The molecule has 0 aliphatic heterocycles. The van der Waals surface area contributed by atoms with Gasteiger partial charge in [0.05, 0.1) is 17.5 Å². The van der Waals surface area contributed by atoms with Crippen molar-refractivity contribution in [3.63, 3.8) is 0 Å². The SMILES string of the molecule is O=C(CC(=O)c1ccc(F)cc1F)c1ccc(F)cc1F. The molecule has 0 saturated carbocycles. The average Bonchev–Trinajstić information content (AvgIpc) is 2.37. The Morgan fingerprint density at radius 1 is 0.714 bits per heavy atom. The molecule has 0 radical (unpaired) electrons. The maximum Gasteiger partial charge on any atom is 0.173 e. The van der Waals surface area contributed by atoms with Crippen molar-refractivity contribution in [1.82, 2.24) is 0 Å². The fraction of sp³-hybridized carbons (Fsp3) is 0.0667. The molecule has 21 heavy (non-hydrogen) atoms. The number of ketones is 2. The largest absolute Gasteiger partial charge is 0.294 e. The van der Waals surface area contributed by atoms with E-state index < -0.39 is 52.4 Å². The highest BCUT2D eigenvalue weighted by atomic mass is 19.1. The van der Waals surface area contributed by atoms with E-state index in [9.17, 15) is 27.2 Å². The Bertz CT molecular complexity index is 664. The molecule has 0 N–H and O–H groups in total. The van der Waals surface area contributed by atoms with Gasteiger partial charge in [-0.3, -0.25) is 9.59 Å². The molecule has 0 aliphatic rings. The van der Waals surface area contributed by atoms with Gasteiger partial charge in [-0.2, -0.15) is 0 Å². The Balaban J connectivity index is 2.21. The molecule has 2 rings (SSSR count). The molecular weight excluding hydrogens is 288 g/mol. The zero-order valence-corrected chi connectivity index (χ0v) is 10.5. The normalized spacial score (nSPS) is 10.5. The fourth-order valence-electron chi connectivity index (χ4n) is 1.77. The van der Waals surface area contributed by atoms with E-state index >= 15 is 0 Å². The molecule has 0 unspecified atom stereocenters. The van der Waals surface area contributed by atoms with E-state index in [-0.39, 0.29) is 0 Å². The van der Waals surface area contributed by atoms with Crippen molar-refractivity contribution >= 4 is 11.6 Å². The van der Waals surface area contributed by atoms with Gasteiger partial charge in [0.1, 0.15) is 23.3 Å². The average molecular weight is 296 g/mol. The van der Waals surface area contributed by atoms with Gasteiger partial charge < -0.3 is 0 Å². The molecule has 0 aromatic heterocycles. The van der Waals surface area contributed by atoms with E-state index in [0.29, 0.717) is 12.1 Å². The molecule has 108 valence electrons. The summed E-state index contributed by atoms with van der Waals surface area (Å²) in [5.41, 5.74) is -0.931. The van der Waals surface area contributed by atoms with Crippen LogP contribution in [-0.4, -0.2) is 11.6 Å². The third-order valence-corrected chi connectivity index (χ3v) is 2.78. The molecule has 2 aromatic rings. The Hall–Kier alpha value is -2.50. The summed E-state index contributed by atoms with van der Waals surface area (Å²) in [5, 5.41) is 0. The molecule has 0 saturated heterocycles. The van der Waals surface area contributed by atoms with Crippen molar-refractivity contribution in [1.29, 1.82) is 0 Å². The standard InChI is InChI=1S/C15H8F4O2/c16-8-1-3-10(12(18)5-8)14(20)7-15(21)11-4-2-9(17)6-13(11)19/h1-6H,7H2. The maximum absolute atomic E-state index is 13.4. The molecule has 0 heterocycles. The third kappa shape index (κ3) is 3.34. The first-order valence-electron chi connectivity index (χ1n) is 5.85. The minimum atomic E-state index is -1.10. The maximum atomic E-state index is 13.4. The molecule has 0 bridgehead atoms. The van der Waals surface area contributed by atoms with Gasteiger partial charge in [-0.1, -0.05) is 0 Å². The van der Waals surface area contributed by atoms with E-state index in [1.165, 1.54) is 0 Å². The summed E-state index contributed by atoms with van der Waals surface area (Å²) in [4.78, 5) is 23.5. The summed E-state index contributed by atoms with van der Waals surface area (Å²) in [6.07, 6.45) is -0.800. The van der Waals surface area contributed by atoms with Crippen molar-refractivity contribution in [2.75, 3.05) is 0 Å². The van der Waals surface area contributed by atoms with Crippen molar-refractivity contribution in [3.05, 3.63) is 70.8 Å². The van der Waals surface area contributed by atoms with Crippen LogP contribution in [0.25, 0.3) is 0 Å². The molecule has 0 spiro atoms. The number of halogens is 4. The van der Waals surface area contributed by atoms with E-state index in [2.05, 4.69) is 0 Å². The molecule has 2 nitrogen and oxygen atoms in total. The van der Waals surface area contributed by atoms with Crippen LogP contribution in [0.15, 0.2) is 36.4 Å². The number of rotatable bonds is 4. The second kappa shape index (κ2) is 5.87. The van der Waals surface area contributed by atoms with Crippen molar-refractivity contribution in [2.45, 2.75) is 6.42 Å². The molecule has 0 fully saturated rings. The highest BCUT2D eigenvalue weighted by molar-refractivity contribution is 6.13. The van der Waals surface area contributed by atoms with Gasteiger partial charge in [-0.05, 0) is 24.3 Å². The van der Waals surface area contributed by atoms with Crippen LogP contribution in [0.1, 0.15) is 27.1 Å². The van der Waals surface area contributed by atoms with Crippen LogP contribution in [0.2, 0.25) is 0 Å². The minimum Gasteiger partial charge on any atom is -0.294 e. The van der Waals surface area contributed by atoms with E-state index in [1.807, 2.05) is 0 Å². The number of Topliss-reactive ketones (excluding diaryl/α,β-unsaturated/α-hetero) is 2. The molecular formula is C15H8F4O2. The topological polar surface area (TPSA) is 34.1 Å². The van der Waals surface area contributed by atoms with Gasteiger partial charge in [-0.15, -0.1) is 0 Å². The lowest BCUT2D eigenvalue weighted by Crippen LogP contribution is -2.12. The summed E-state index contributed by atoms with van der Waals surface area (Å²) in [5.74, 6) is -5.76. The third-order valence-electron chi connectivity index (χ3n) is 2.78. The van der Waals surface area contributed by atoms with Crippen LogP contribution in [0.4, 0.5) is 17.6 Å². The zero-order valence-electron chi connectivity index (χ0n) is 10.5. The van der Waals surface area contributed by atoms with Crippen LogP contribution in [0, 0.1) is 23.3 Å². The van der Waals surface area contributed by atoms with Gasteiger partial charge >= 0.3 is 0 Å². The highest BCUT2D eigenvalue weighted by Crippen LogP contribution is 2.16. The van der Waals surface area contributed by atoms with Crippen LogP contribution in [-0.2, 0) is 0 Å². The van der Waals surface area contributed by atoms with Gasteiger partial charge in [-0.25, -0.2) is 17.6 Å². The van der Waals surface area contributed by atoms with E-state index in [4.69, 9.17) is 0 Å². The van der Waals surface area contributed by atoms with Crippen LogP contribution < -0.4 is 0 Å². The molecule has 6 heteroatoms.